The van der Waals surface area contributed by atoms with Gasteiger partial charge in [0.1, 0.15) is 0 Å². The average Bonchev–Trinajstić information content (AvgIpc) is 3.03. The number of carbonyl (C=O) groups excluding carboxylic acids is 1. The molecule has 0 atom stereocenters. The summed E-state index contributed by atoms with van der Waals surface area (Å²) < 4.78 is 0. The molecule has 2 heterocycles. The monoisotopic (exact) mass is 374 g/mol. The van der Waals surface area contributed by atoms with Gasteiger partial charge in [-0.2, -0.15) is 0 Å². The van der Waals surface area contributed by atoms with Crippen molar-refractivity contribution < 1.29 is 9.90 Å². The van der Waals surface area contributed by atoms with E-state index in [2.05, 4.69) is 20.5 Å². The molecule has 0 fully saturated rings. The number of amides is 1. The molecule has 0 saturated carbocycles. The van der Waals surface area contributed by atoms with Crippen molar-refractivity contribution in [3.8, 4) is 0 Å². The Balaban J connectivity index is 1.56. The molecule has 1 aliphatic heterocycles. The van der Waals surface area contributed by atoms with Crippen LogP contribution in [0.25, 0.3) is 16.5 Å². The minimum atomic E-state index is -0.124. The predicted molar refractivity (Wildman–Crippen MR) is 112 cm³/mol. The van der Waals surface area contributed by atoms with Gasteiger partial charge < -0.3 is 15.7 Å². The van der Waals surface area contributed by atoms with Gasteiger partial charge in [-0.3, -0.25) is 14.7 Å². The summed E-state index contributed by atoms with van der Waals surface area (Å²) in [5.74, 6) is -0.124. The molecule has 6 nitrogen and oxygen atoms in total. The zero-order valence-corrected chi connectivity index (χ0v) is 15.6. The van der Waals surface area contributed by atoms with E-state index in [-0.39, 0.29) is 12.5 Å². The van der Waals surface area contributed by atoms with Crippen molar-refractivity contribution in [2.45, 2.75) is 6.54 Å². The molecule has 0 radical (unpaired) electrons. The summed E-state index contributed by atoms with van der Waals surface area (Å²) in [5.41, 5.74) is 5.21. The Bertz CT molecular complexity index is 1040. The topological polar surface area (TPSA) is 77.5 Å². The van der Waals surface area contributed by atoms with Gasteiger partial charge in [0, 0.05) is 47.8 Å². The Labute approximate surface area is 163 Å². The summed E-state index contributed by atoms with van der Waals surface area (Å²) >= 11 is 0. The number of benzene rings is 2. The summed E-state index contributed by atoms with van der Waals surface area (Å²) in [6.07, 6.45) is 3.50. The molecule has 0 bridgehead atoms. The van der Waals surface area contributed by atoms with E-state index in [4.69, 9.17) is 5.11 Å². The number of aliphatic hydroxyl groups is 1. The maximum Gasteiger partial charge on any atom is 0.257 e. The maximum absolute atomic E-state index is 12.5. The van der Waals surface area contributed by atoms with Crippen molar-refractivity contribution in [1.82, 2.24) is 9.88 Å². The largest absolute Gasteiger partial charge is 0.395 e. The number of hydrogen-bond donors (Lipinski definition) is 3. The van der Waals surface area contributed by atoms with Crippen LogP contribution in [0.2, 0.25) is 0 Å². The quantitative estimate of drug-likeness (QED) is 0.578. The Morgan fingerprint density at radius 1 is 1.18 bits per heavy atom. The second-order valence-electron chi connectivity index (χ2n) is 6.87. The SMILES string of the molecule is CN(CCO)Cc1ccc(N/C=C2\C(=O)Nc3ccc4ncccc4c32)cc1. The number of nitrogens with one attached hydrogen (secondary N) is 2. The van der Waals surface area contributed by atoms with Crippen LogP contribution in [0.5, 0.6) is 0 Å². The first-order valence-corrected chi connectivity index (χ1v) is 9.20. The first-order valence-electron chi connectivity index (χ1n) is 9.20. The molecule has 1 aliphatic rings. The third-order valence-electron chi connectivity index (χ3n) is 4.82. The van der Waals surface area contributed by atoms with E-state index in [1.165, 1.54) is 0 Å². The molecule has 0 aliphatic carbocycles. The molecule has 0 spiro atoms. The molecular formula is C22H22N4O2. The molecule has 0 saturated heterocycles. The number of nitrogens with zero attached hydrogens (tertiary/aromatic N) is 2. The maximum atomic E-state index is 12.5. The highest BCUT2D eigenvalue weighted by molar-refractivity contribution is 6.34. The van der Waals surface area contributed by atoms with Crippen LogP contribution in [-0.4, -0.2) is 41.1 Å². The van der Waals surface area contributed by atoms with Gasteiger partial charge in [-0.1, -0.05) is 18.2 Å². The van der Waals surface area contributed by atoms with E-state index in [9.17, 15) is 4.79 Å². The van der Waals surface area contributed by atoms with E-state index in [1.54, 1.807) is 12.4 Å². The normalized spacial score (nSPS) is 14.5. The first-order chi connectivity index (χ1) is 13.7. The highest BCUT2D eigenvalue weighted by atomic mass is 16.3. The van der Waals surface area contributed by atoms with Gasteiger partial charge in [0.15, 0.2) is 0 Å². The van der Waals surface area contributed by atoms with Crippen LogP contribution in [-0.2, 0) is 11.3 Å². The van der Waals surface area contributed by atoms with Crippen LogP contribution in [0.1, 0.15) is 11.1 Å². The summed E-state index contributed by atoms with van der Waals surface area (Å²) in [6.45, 7) is 1.57. The lowest BCUT2D eigenvalue weighted by Gasteiger charge is -2.15. The number of pyridine rings is 1. The number of carbonyl (C=O) groups is 1. The summed E-state index contributed by atoms with van der Waals surface area (Å²) in [4.78, 5) is 18.9. The van der Waals surface area contributed by atoms with Crippen molar-refractivity contribution in [3.63, 3.8) is 0 Å². The third kappa shape index (κ3) is 3.60. The van der Waals surface area contributed by atoms with Crippen molar-refractivity contribution >= 4 is 33.8 Å². The van der Waals surface area contributed by atoms with Crippen molar-refractivity contribution in [3.05, 3.63) is 72.1 Å². The second kappa shape index (κ2) is 7.80. The first kappa shape index (κ1) is 18.2. The minimum Gasteiger partial charge on any atom is -0.395 e. The fraction of sp³-hybridized carbons (Fsp3) is 0.182. The molecule has 4 rings (SSSR count). The van der Waals surface area contributed by atoms with Crippen LogP contribution < -0.4 is 10.6 Å². The highest BCUT2D eigenvalue weighted by Gasteiger charge is 2.26. The van der Waals surface area contributed by atoms with Gasteiger partial charge in [0.05, 0.1) is 17.7 Å². The van der Waals surface area contributed by atoms with Gasteiger partial charge in [0.2, 0.25) is 0 Å². The smallest absolute Gasteiger partial charge is 0.257 e. The Hall–Kier alpha value is -3.22. The van der Waals surface area contributed by atoms with Gasteiger partial charge in [-0.05, 0) is 42.9 Å². The van der Waals surface area contributed by atoms with E-state index >= 15 is 0 Å². The van der Waals surface area contributed by atoms with E-state index in [1.807, 2.05) is 55.6 Å². The number of anilines is 2. The Morgan fingerprint density at radius 2 is 2.00 bits per heavy atom. The standard InChI is InChI=1S/C22H22N4O2/c1-26(11-12-27)14-15-4-6-16(7-5-15)24-13-18-21-17-3-2-10-23-19(17)8-9-20(21)25-22(18)28/h2-10,13,24,27H,11-12,14H2,1H3,(H,25,28)/b18-13-. The van der Waals surface area contributed by atoms with E-state index < -0.39 is 0 Å². The lowest BCUT2D eigenvalue weighted by atomic mass is 10.0. The molecule has 0 unspecified atom stereocenters. The molecule has 1 aromatic heterocycles. The summed E-state index contributed by atoms with van der Waals surface area (Å²) in [7, 11) is 1.97. The second-order valence-corrected chi connectivity index (χ2v) is 6.87. The molecule has 3 aromatic rings. The van der Waals surface area contributed by atoms with Crippen molar-refractivity contribution in [2.75, 3.05) is 30.8 Å². The summed E-state index contributed by atoms with van der Waals surface area (Å²) in [6, 6.07) is 15.7. The molecular weight excluding hydrogens is 352 g/mol. The number of rotatable bonds is 6. The number of fused-ring (bicyclic) bond motifs is 3. The molecule has 2 aromatic carbocycles. The third-order valence-corrected chi connectivity index (χ3v) is 4.82. The fourth-order valence-corrected chi connectivity index (χ4v) is 3.41. The van der Waals surface area contributed by atoms with Gasteiger partial charge in [-0.15, -0.1) is 0 Å². The van der Waals surface area contributed by atoms with Gasteiger partial charge in [0.25, 0.3) is 5.91 Å². The molecule has 3 N–H and O–H groups in total. The fourth-order valence-electron chi connectivity index (χ4n) is 3.41. The van der Waals surface area contributed by atoms with E-state index in [0.29, 0.717) is 12.1 Å². The Morgan fingerprint density at radius 3 is 2.79 bits per heavy atom. The number of likely N-dealkylation sites (N-methyl/N-ethyl adjacent to an activating group) is 1. The van der Waals surface area contributed by atoms with Crippen LogP contribution in [0, 0.1) is 0 Å². The van der Waals surface area contributed by atoms with Crippen LogP contribution in [0.15, 0.2) is 60.9 Å². The molecule has 1 amide bonds. The van der Waals surface area contributed by atoms with Crippen LogP contribution in [0.4, 0.5) is 11.4 Å². The van der Waals surface area contributed by atoms with Crippen molar-refractivity contribution in [1.29, 1.82) is 0 Å². The average molecular weight is 374 g/mol. The lowest BCUT2D eigenvalue weighted by molar-refractivity contribution is -0.110. The number of aliphatic hydroxyl groups excluding tert-OH is 1. The number of hydrogen-bond acceptors (Lipinski definition) is 5. The van der Waals surface area contributed by atoms with Crippen molar-refractivity contribution in [2.24, 2.45) is 0 Å². The molecule has 28 heavy (non-hydrogen) atoms. The summed E-state index contributed by atoms with van der Waals surface area (Å²) in [5, 5.41) is 16.1. The van der Waals surface area contributed by atoms with Crippen LogP contribution in [0.3, 0.4) is 0 Å². The lowest BCUT2D eigenvalue weighted by Crippen LogP contribution is -2.21. The van der Waals surface area contributed by atoms with E-state index in [0.717, 1.165) is 39.9 Å². The molecule has 6 heteroatoms. The zero-order valence-electron chi connectivity index (χ0n) is 15.6. The highest BCUT2D eigenvalue weighted by Crippen LogP contribution is 2.37. The zero-order chi connectivity index (χ0) is 19.5. The number of aromatic nitrogens is 1. The van der Waals surface area contributed by atoms with Gasteiger partial charge in [-0.25, -0.2) is 0 Å². The Kier molecular flexibility index (Phi) is 5.06. The minimum absolute atomic E-state index is 0.124. The predicted octanol–water partition coefficient (Wildman–Crippen LogP) is 3.06. The van der Waals surface area contributed by atoms with Crippen LogP contribution >= 0.6 is 0 Å². The van der Waals surface area contributed by atoms with Gasteiger partial charge >= 0.3 is 0 Å². The molecule has 142 valence electrons.